The predicted molar refractivity (Wildman–Crippen MR) is 93.8 cm³/mol. The second-order valence-electron chi connectivity index (χ2n) is 5.58. The average molecular weight is 338 g/mol. The molecule has 0 aliphatic rings. The normalized spacial score (nSPS) is 14.0. The molecule has 1 N–H and O–H groups in total. The Morgan fingerprint density at radius 3 is 2.58 bits per heavy atom. The van der Waals surface area contributed by atoms with Crippen LogP contribution in [0.25, 0.3) is 0 Å². The van der Waals surface area contributed by atoms with Crippen LogP contribution in [-0.2, 0) is 0 Å². The van der Waals surface area contributed by atoms with Crippen molar-refractivity contribution in [3.05, 3.63) is 59.6 Å². The summed E-state index contributed by atoms with van der Waals surface area (Å²) in [6, 6.07) is 3.45. The molecular weight excluding hydrogens is 313 g/mol. The third kappa shape index (κ3) is 5.87. The summed E-state index contributed by atoms with van der Waals surface area (Å²) in [5, 5.41) is 3.18. The maximum Gasteiger partial charge on any atom is 0.266 e. The summed E-state index contributed by atoms with van der Waals surface area (Å²) >= 11 is 0. The van der Waals surface area contributed by atoms with Crippen LogP contribution in [0.15, 0.2) is 47.6 Å². The molecule has 1 unspecified atom stereocenters. The Morgan fingerprint density at radius 1 is 1.33 bits per heavy atom. The molecule has 0 saturated heterocycles. The van der Waals surface area contributed by atoms with E-state index >= 15 is 0 Å². The lowest BCUT2D eigenvalue weighted by atomic mass is 10.0. The molecule has 0 aliphatic carbocycles. The number of allylic oxidation sites excluding steroid dienone is 2. The van der Waals surface area contributed by atoms with Crippen molar-refractivity contribution in [3.8, 4) is 0 Å². The fraction of sp³-hybridized carbons (Fsp3) is 0.421. The molecule has 132 valence electrons. The Hall–Kier alpha value is -2.04. The number of aliphatic imine (C=N–C) groups is 1. The molecule has 1 aromatic carbocycles. The number of benzene rings is 1. The zero-order chi connectivity index (χ0) is 18.1. The Bertz CT molecular complexity index is 607. The van der Waals surface area contributed by atoms with Gasteiger partial charge in [-0.15, -0.1) is 6.58 Å². The minimum atomic E-state index is -2.84. The molecule has 24 heavy (non-hydrogen) atoms. The van der Waals surface area contributed by atoms with Crippen LogP contribution in [-0.4, -0.2) is 5.84 Å². The van der Waals surface area contributed by atoms with E-state index in [-0.39, 0.29) is 5.56 Å². The van der Waals surface area contributed by atoms with E-state index in [0.29, 0.717) is 12.3 Å². The third-order valence-electron chi connectivity index (χ3n) is 3.52. The quantitative estimate of drug-likeness (QED) is 0.346. The second kappa shape index (κ2) is 9.96. The molecule has 0 spiro atoms. The van der Waals surface area contributed by atoms with Gasteiger partial charge >= 0.3 is 0 Å². The highest BCUT2D eigenvalue weighted by Crippen LogP contribution is 2.28. The van der Waals surface area contributed by atoms with Crippen LogP contribution in [0, 0.1) is 5.82 Å². The van der Waals surface area contributed by atoms with E-state index in [2.05, 4.69) is 29.9 Å². The van der Waals surface area contributed by atoms with Crippen molar-refractivity contribution in [2.24, 2.45) is 4.99 Å². The minimum Gasteiger partial charge on any atom is -0.348 e. The maximum absolute atomic E-state index is 14.2. The van der Waals surface area contributed by atoms with Gasteiger partial charge in [0.25, 0.3) is 6.43 Å². The van der Waals surface area contributed by atoms with Crippen molar-refractivity contribution in [2.75, 3.05) is 0 Å². The predicted octanol–water partition coefficient (Wildman–Crippen LogP) is 6.09. The molecule has 0 aromatic heterocycles. The van der Waals surface area contributed by atoms with E-state index < -0.39 is 23.8 Å². The first-order valence-electron chi connectivity index (χ1n) is 8.08. The topological polar surface area (TPSA) is 24.4 Å². The van der Waals surface area contributed by atoms with Gasteiger partial charge in [0.05, 0.1) is 17.4 Å². The van der Waals surface area contributed by atoms with Crippen LogP contribution in [0.4, 0.5) is 13.2 Å². The van der Waals surface area contributed by atoms with Crippen LogP contribution >= 0.6 is 0 Å². The number of nitrogens with zero attached hydrogens (tertiary/aromatic N) is 1. The number of nitrogens with one attached hydrogen (secondary N) is 1. The molecule has 2 nitrogen and oxygen atoms in total. The van der Waals surface area contributed by atoms with Crippen molar-refractivity contribution in [2.45, 2.75) is 52.5 Å². The zero-order valence-corrected chi connectivity index (χ0v) is 14.5. The number of alkyl halides is 2. The van der Waals surface area contributed by atoms with E-state index in [9.17, 15) is 13.2 Å². The lowest BCUT2D eigenvalue weighted by molar-refractivity contribution is 0.146. The molecule has 1 atom stereocenters. The summed E-state index contributed by atoms with van der Waals surface area (Å²) in [4.78, 5) is 4.38. The fourth-order valence-corrected chi connectivity index (χ4v) is 2.34. The Labute approximate surface area is 142 Å². The van der Waals surface area contributed by atoms with E-state index in [1.807, 2.05) is 0 Å². The summed E-state index contributed by atoms with van der Waals surface area (Å²) in [6.07, 6.45) is 3.66. The van der Waals surface area contributed by atoms with Gasteiger partial charge in [0, 0.05) is 17.7 Å². The summed E-state index contributed by atoms with van der Waals surface area (Å²) in [7, 11) is 0. The molecule has 0 aliphatic heterocycles. The summed E-state index contributed by atoms with van der Waals surface area (Å²) in [5.41, 5.74) is 0.550. The SMILES string of the molecule is C=CC/C(=C/CCC)NC(C)=NC(C)c1cccc(C(F)F)c1F. The maximum atomic E-state index is 14.2. The molecule has 0 heterocycles. The van der Waals surface area contributed by atoms with Crippen LogP contribution < -0.4 is 5.32 Å². The first kappa shape index (κ1) is 20.0. The molecule has 0 bridgehead atoms. The van der Waals surface area contributed by atoms with Crippen LogP contribution in [0.2, 0.25) is 0 Å². The molecule has 1 rings (SSSR count). The number of hydrogen-bond acceptors (Lipinski definition) is 1. The van der Waals surface area contributed by atoms with Gasteiger partial charge in [-0.2, -0.15) is 0 Å². The van der Waals surface area contributed by atoms with Crippen molar-refractivity contribution in [3.63, 3.8) is 0 Å². The third-order valence-corrected chi connectivity index (χ3v) is 3.52. The summed E-state index contributed by atoms with van der Waals surface area (Å²) in [6.45, 7) is 9.26. The van der Waals surface area contributed by atoms with Gasteiger partial charge in [0.1, 0.15) is 5.82 Å². The highest BCUT2D eigenvalue weighted by Gasteiger charge is 2.19. The monoisotopic (exact) mass is 338 g/mol. The molecule has 5 heteroatoms. The van der Waals surface area contributed by atoms with Gasteiger partial charge in [0.2, 0.25) is 0 Å². The number of rotatable bonds is 8. The van der Waals surface area contributed by atoms with Crippen molar-refractivity contribution >= 4 is 5.84 Å². The Balaban J connectivity index is 2.95. The van der Waals surface area contributed by atoms with Gasteiger partial charge < -0.3 is 5.32 Å². The Kier molecular flexibility index (Phi) is 8.30. The lowest BCUT2D eigenvalue weighted by Gasteiger charge is -2.14. The van der Waals surface area contributed by atoms with Crippen LogP contribution in [0.3, 0.4) is 0 Å². The summed E-state index contributed by atoms with van der Waals surface area (Å²) < 4.78 is 39.8. The lowest BCUT2D eigenvalue weighted by Crippen LogP contribution is -2.20. The van der Waals surface area contributed by atoms with E-state index in [0.717, 1.165) is 24.6 Å². The van der Waals surface area contributed by atoms with Gasteiger partial charge in [0.15, 0.2) is 0 Å². The van der Waals surface area contributed by atoms with Crippen LogP contribution in [0.5, 0.6) is 0 Å². The first-order valence-corrected chi connectivity index (χ1v) is 8.08. The number of halogens is 3. The zero-order valence-electron chi connectivity index (χ0n) is 14.5. The highest BCUT2D eigenvalue weighted by atomic mass is 19.3. The molecule has 0 saturated carbocycles. The Morgan fingerprint density at radius 2 is 2.00 bits per heavy atom. The minimum absolute atomic E-state index is 0.164. The van der Waals surface area contributed by atoms with Gasteiger partial charge in [-0.3, -0.25) is 4.99 Å². The number of hydrogen-bond donors (Lipinski definition) is 1. The van der Waals surface area contributed by atoms with E-state index in [1.54, 1.807) is 19.9 Å². The molecule has 0 amide bonds. The summed E-state index contributed by atoms with van der Waals surface area (Å²) in [5.74, 6) is -0.280. The first-order chi connectivity index (χ1) is 11.4. The standard InChI is InChI=1S/C19H25F3N2/c1-5-7-10-15(9-6-2)24-14(4)23-13(3)16-11-8-12-17(18(16)20)19(21)22/h6,8,10-13,19H,2,5,7,9H2,1,3-4H3,(H,23,24)/b15-10-. The molecule has 0 radical (unpaired) electrons. The van der Waals surface area contributed by atoms with Crippen molar-refractivity contribution < 1.29 is 13.2 Å². The van der Waals surface area contributed by atoms with Gasteiger partial charge in [-0.1, -0.05) is 43.7 Å². The van der Waals surface area contributed by atoms with E-state index in [4.69, 9.17) is 0 Å². The molecular formula is C19H25F3N2. The fourth-order valence-electron chi connectivity index (χ4n) is 2.34. The largest absolute Gasteiger partial charge is 0.348 e. The van der Waals surface area contributed by atoms with Crippen LogP contribution in [0.1, 0.15) is 63.6 Å². The van der Waals surface area contributed by atoms with E-state index in [1.165, 1.54) is 12.1 Å². The second-order valence-corrected chi connectivity index (χ2v) is 5.58. The average Bonchev–Trinajstić information content (AvgIpc) is 2.52. The van der Waals surface area contributed by atoms with Gasteiger partial charge in [-0.05, 0) is 20.3 Å². The molecule has 1 aromatic rings. The van der Waals surface area contributed by atoms with Crippen molar-refractivity contribution in [1.29, 1.82) is 0 Å². The van der Waals surface area contributed by atoms with Crippen molar-refractivity contribution in [1.82, 2.24) is 5.32 Å². The highest BCUT2D eigenvalue weighted by molar-refractivity contribution is 5.81. The smallest absolute Gasteiger partial charge is 0.266 e. The number of amidine groups is 1. The molecule has 0 fully saturated rings. The number of unbranched alkanes of at least 4 members (excludes halogenated alkanes) is 1. The van der Waals surface area contributed by atoms with Gasteiger partial charge in [-0.25, -0.2) is 13.2 Å².